The van der Waals surface area contributed by atoms with E-state index in [9.17, 15) is 18.9 Å². The molecule has 0 saturated carbocycles. The van der Waals surface area contributed by atoms with Gasteiger partial charge in [-0.05, 0) is 0 Å². The number of likely N-dealkylation sites (N-methyl/N-ethyl adjacent to an activating group) is 1. The zero-order valence-electron chi connectivity index (χ0n) is 14.3. The molecule has 1 aliphatic heterocycles. The van der Waals surface area contributed by atoms with Gasteiger partial charge in [-0.1, -0.05) is 0 Å². The number of hydrogen-bond acceptors (Lipinski definition) is 11. The maximum atomic E-state index is 11.1. The lowest BCUT2D eigenvalue weighted by Crippen LogP contribution is -2.37. The van der Waals surface area contributed by atoms with Crippen LogP contribution in [0.4, 0.5) is 0 Å². The van der Waals surface area contributed by atoms with Crippen molar-refractivity contribution in [1.29, 1.82) is 0 Å². The summed E-state index contributed by atoms with van der Waals surface area (Å²) >= 11 is 0. The van der Waals surface area contributed by atoms with Gasteiger partial charge in [0, 0.05) is 1.43 Å². The molecule has 3 unspecified atom stereocenters. The van der Waals surface area contributed by atoms with E-state index in [1.54, 1.807) is 0 Å². The third-order valence-corrected chi connectivity index (χ3v) is 4.53. The van der Waals surface area contributed by atoms with Gasteiger partial charge in [-0.3, -0.25) is 9.13 Å². The van der Waals surface area contributed by atoms with Crippen molar-refractivity contribution in [2.45, 2.75) is 12.2 Å². The van der Waals surface area contributed by atoms with Gasteiger partial charge in [0.1, 0.15) is 25.4 Å². The third-order valence-electron chi connectivity index (χ3n) is 2.55. The predicted molar refractivity (Wildman–Crippen MR) is 83.1 cm³/mol. The van der Waals surface area contributed by atoms with Crippen molar-refractivity contribution in [2.24, 2.45) is 0 Å². The second-order valence-corrected chi connectivity index (χ2v) is 8.85. The van der Waals surface area contributed by atoms with Gasteiger partial charge < -0.3 is 47.7 Å². The minimum atomic E-state index is -4.38. The van der Waals surface area contributed by atoms with Crippen LogP contribution in [0.15, 0.2) is 0 Å². The van der Waals surface area contributed by atoms with Crippen LogP contribution in [0.1, 0.15) is 1.43 Å². The van der Waals surface area contributed by atoms with Crippen LogP contribution in [0.5, 0.6) is 0 Å². The zero-order chi connectivity index (χ0) is 19.7. The third kappa shape index (κ3) is 13.9. The SMILES string of the molecule is C[N+](C)(C)CCOP(=O)([O-])OC[C@H](O)CO.O=P1([O-])OCC(CO)O1.[2HH]. The molecule has 0 aromatic rings. The molecule has 0 spiro atoms. The Morgan fingerprint density at radius 2 is 2.00 bits per heavy atom. The fourth-order valence-corrected chi connectivity index (χ4v) is 2.83. The maximum absolute atomic E-state index is 11.1. The Hall–Kier alpha value is 0.0600. The average Bonchev–Trinajstić information content (AvgIpc) is 2.83. The number of rotatable bonds is 9. The highest BCUT2D eigenvalue weighted by atomic mass is 31.2. The van der Waals surface area contributed by atoms with Crippen LogP contribution in [0, 0.1) is 0 Å². The number of hydrogen-bond donors (Lipinski definition) is 3. The van der Waals surface area contributed by atoms with E-state index in [4.69, 9.17) is 15.3 Å². The second kappa shape index (κ2) is 11.0. The van der Waals surface area contributed by atoms with Gasteiger partial charge in [0.2, 0.25) is 0 Å². The van der Waals surface area contributed by atoms with Crippen molar-refractivity contribution < 1.29 is 58.2 Å². The van der Waals surface area contributed by atoms with Crippen LogP contribution >= 0.6 is 15.6 Å². The van der Waals surface area contributed by atoms with E-state index in [1.165, 1.54) is 0 Å². The van der Waals surface area contributed by atoms with Gasteiger partial charge in [-0.25, -0.2) is 0 Å². The summed E-state index contributed by atoms with van der Waals surface area (Å²) in [5.74, 6) is 0. The molecule has 1 fully saturated rings. The Kier molecular flexibility index (Phi) is 11.1. The summed E-state index contributed by atoms with van der Waals surface area (Å²) in [6.07, 6.45) is -1.92. The van der Waals surface area contributed by atoms with Crippen LogP contribution in [-0.4, -0.2) is 92.7 Å². The Labute approximate surface area is 147 Å². The first kappa shape index (κ1) is 25.1. The summed E-state index contributed by atoms with van der Waals surface area (Å²) in [4.78, 5) is 21.4. The van der Waals surface area contributed by atoms with Crippen molar-refractivity contribution in [1.82, 2.24) is 0 Å². The molecule has 12 nitrogen and oxygen atoms in total. The minimum absolute atomic E-state index is 0. The Morgan fingerprint density at radius 3 is 2.36 bits per heavy atom. The monoisotopic (exact) mass is 413 g/mol. The van der Waals surface area contributed by atoms with E-state index in [1.807, 2.05) is 21.1 Å². The van der Waals surface area contributed by atoms with Crippen LogP contribution in [-0.2, 0) is 27.2 Å². The summed E-state index contributed by atoms with van der Waals surface area (Å²) in [5.41, 5.74) is 0. The largest absolute Gasteiger partial charge is 0.756 e. The molecule has 0 amide bonds. The van der Waals surface area contributed by atoms with Crippen molar-refractivity contribution in [2.75, 3.05) is 60.7 Å². The van der Waals surface area contributed by atoms with Crippen molar-refractivity contribution >= 4 is 15.6 Å². The number of quaternary nitrogens is 1. The first-order chi connectivity index (χ1) is 11.3. The predicted octanol–water partition coefficient (Wildman–Crippen LogP) is -2.34. The lowest BCUT2D eigenvalue weighted by Gasteiger charge is -2.27. The first-order valence-corrected chi connectivity index (χ1v) is 10.2. The number of phosphoric ester groups is 2. The molecule has 0 aliphatic carbocycles. The van der Waals surface area contributed by atoms with Crippen molar-refractivity contribution in [3.05, 3.63) is 0 Å². The molecule has 0 radical (unpaired) electrons. The molecule has 3 N–H and O–H groups in total. The summed E-state index contributed by atoms with van der Waals surface area (Å²) in [6.45, 7) is -0.929. The van der Waals surface area contributed by atoms with Gasteiger partial charge in [0.05, 0.1) is 47.6 Å². The smallest absolute Gasteiger partial charge is 0.268 e. The molecule has 4 atom stereocenters. The summed E-state index contributed by atoms with van der Waals surface area (Å²) in [6, 6.07) is 0. The van der Waals surface area contributed by atoms with Crippen molar-refractivity contribution in [3.63, 3.8) is 0 Å². The van der Waals surface area contributed by atoms with E-state index in [0.29, 0.717) is 11.0 Å². The lowest BCUT2D eigenvalue weighted by atomic mass is 10.4. The standard InChI is InChI=1S/C8H20NO6P.C3H7O5P.H2/c1-9(2,3)4-5-14-16(12,13)15-7-8(11)6-10;4-1-3-2-7-9(5,6)8-3;/h8,10-11H,4-7H2,1-3H3;3-4H,1-2H2,(H,5,6);1H/p-1/t8-;;/m1../s1/i;;1+1. The first-order valence-electron chi connectivity index (χ1n) is 7.24. The topological polar surface area (TPSA) is 178 Å². The molecule has 1 saturated heterocycles. The molecule has 1 heterocycles. The molecule has 0 aromatic carbocycles. The van der Waals surface area contributed by atoms with E-state index >= 15 is 0 Å². The number of nitrogens with zero attached hydrogens (tertiary/aromatic N) is 1. The molecule has 154 valence electrons. The highest BCUT2D eigenvalue weighted by Gasteiger charge is 2.26. The van der Waals surface area contributed by atoms with Gasteiger partial charge in [0.15, 0.2) is 0 Å². The number of aliphatic hydroxyl groups is 3. The van der Waals surface area contributed by atoms with Gasteiger partial charge in [-0.2, -0.15) is 0 Å². The van der Waals surface area contributed by atoms with Crippen LogP contribution in [0.25, 0.3) is 0 Å². The number of phosphoric acid groups is 2. The second-order valence-electron chi connectivity index (χ2n) is 6.08. The van der Waals surface area contributed by atoms with Crippen LogP contribution < -0.4 is 9.79 Å². The quantitative estimate of drug-likeness (QED) is 0.272. The lowest BCUT2D eigenvalue weighted by molar-refractivity contribution is -0.870. The highest BCUT2D eigenvalue weighted by molar-refractivity contribution is 7.46. The number of aliphatic hydroxyl groups excluding tert-OH is 3. The Morgan fingerprint density at radius 1 is 1.40 bits per heavy atom. The normalized spacial score (nSPS) is 27.3. The maximum Gasteiger partial charge on any atom is 0.268 e. The molecule has 25 heavy (non-hydrogen) atoms. The molecule has 14 heteroatoms. The molecule has 0 aromatic heterocycles. The van der Waals surface area contributed by atoms with Crippen molar-refractivity contribution in [3.8, 4) is 0 Å². The van der Waals surface area contributed by atoms with Gasteiger partial charge in [0.25, 0.3) is 15.6 Å². The summed E-state index contributed by atoms with van der Waals surface area (Å²) in [5, 5.41) is 25.7. The molecular formula is C11H28NO11P2-. The average molecular weight is 413 g/mol. The zero-order valence-corrected chi connectivity index (χ0v) is 16.1. The molecule has 1 rings (SSSR count). The van der Waals surface area contributed by atoms with Gasteiger partial charge in [-0.15, -0.1) is 0 Å². The molecule has 1 aliphatic rings. The van der Waals surface area contributed by atoms with E-state index in [-0.39, 0.29) is 21.2 Å². The van der Waals surface area contributed by atoms with Crippen LogP contribution in [0.3, 0.4) is 0 Å². The highest BCUT2D eigenvalue weighted by Crippen LogP contribution is 2.45. The fraction of sp³-hybridized carbons (Fsp3) is 1.00. The Bertz CT molecular complexity index is 476. The molecular weight excluding hydrogens is 384 g/mol. The van der Waals surface area contributed by atoms with E-state index in [0.717, 1.165) is 0 Å². The Balaban J connectivity index is 0. The fourth-order valence-electron chi connectivity index (χ4n) is 1.20. The minimum Gasteiger partial charge on any atom is -0.756 e. The van der Waals surface area contributed by atoms with Crippen LogP contribution in [0.2, 0.25) is 0 Å². The van der Waals surface area contributed by atoms with E-state index in [2.05, 4.69) is 18.1 Å². The molecule has 0 bridgehead atoms. The van der Waals surface area contributed by atoms with Gasteiger partial charge >= 0.3 is 0 Å². The summed E-state index contributed by atoms with van der Waals surface area (Å²) < 4.78 is 39.3. The summed E-state index contributed by atoms with van der Waals surface area (Å²) in [7, 11) is -2.71. The van der Waals surface area contributed by atoms with E-state index < -0.39 is 41.1 Å².